The lowest BCUT2D eigenvalue weighted by Gasteiger charge is -2.12. The van der Waals surface area contributed by atoms with E-state index in [-0.39, 0.29) is 5.91 Å². The summed E-state index contributed by atoms with van der Waals surface area (Å²) in [6, 6.07) is 13.1. The normalized spacial score (nSPS) is 10.8. The predicted octanol–water partition coefficient (Wildman–Crippen LogP) is 4.34. The topological polar surface area (TPSA) is 63.7 Å². The number of nitrogens with one attached hydrogen (secondary N) is 1. The molecule has 1 heterocycles. The van der Waals surface area contributed by atoms with Crippen LogP contribution in [0.25, 0.3) is 10.6 Å². The Kier molecular flexibility index (Phi) is 7.68. The van der Waals surface area contributed by atoms with E-state index < -0.39 is 0 Å². The van der Waals surface area contributed by atoms with Gasteiger partial charge in [-0.15, -0.1) is 11.3 Å². The Bertz CT molecular complexity index is 1010. The second kappa shape index (κ2) is 10.4. The summed E-state index contributed by atoms with van der Waals surface area (Å²) in [7, 11) is 5.52. The van der Waals surface area contributed by atoms with E-state index >= 15 is 0 Å². The van der Waals surface area contributed by atoms with Gasteiger partial charge in [-0.05, 0) is 50.0 Å². The first-order chi connectivity index (χ1) is 14.5. The molecule has 2 aromatic carbocycles. The van der Waals surface area contributed by atoms with Crippen LogP contribution in [0.3, 0.4) is 0 Å². The first-order valence-corrected chi connectivity index (χ1v) is 10.7. The Morgan fingerprint density at radius 2 is 2.03 bits per heavy atom. The quantitative estimate of drug-likeness (QED) is 0.530. The van der Waals surface area contributed by atoms with Crippen LogP contribution in [0.2, 0.25) is 5.02 Å². The predicted molar refractivity (Wildman–Crippen MR) is 121 cm³/mol. The van der Waals surface area contributed by atoms with Gasteiger partial charge in [0.25, 0.3) is 5.91 Å². The van der Waals surface area contributed by atoms with Crippen LogP contribution in [-0.4, -0.2) is 50.1 Å². The molecule has 158 valence electrons. The molecule has 6 nitrogen and oxygen atoms in total. The number of methoxy groups -OCH3 is 1. The van der Waals surface area contributed by atoms with Crippen LogP contribution >= 0.6 is 22.9 Å². The monoisotopic (exact) mass is 445 g/mol. The first-order valence-electron chi connectivity index (χ1n) is 9.40. The van der Waals surface area contributed by atoms with Gasteiger partial charge in [0.05, 0.1) is 7.11 Å². The minimum Gasteiger partial charge on any atom is -0.493 e. The molecule has 30 heavy (non-hydrogen) atoms. The molecule has 0 bridgehead atoms. The van der Waals surface area contributed by atoms with Crippen molar-refractivity contribution in [2.24, 2.45) is 0 Å². The molecule has 0 fully saturated rings. The van der Waals surface area contributed by atoms with Gasteiger partial charge >= 0.3 is 0 Å². The van der Waals surface area contributed by atoms with Gasteiger partial charge in [0.1, 0.15) is 17.3 Å². The molecular weight excluding hydrogens is 422 g/mol. The Morgan fingerprint density at radius 1 is 1.20 bits per heavy atom. The van der Waals surface area contributed by atoms with Gasteiger partial charge < -0.3 is 19.7 Å². The number of carbonyl (C=O) groups excluding carboxylic acids is 1. The Labute approximate surface area is 185 Å². The second-order valence-electron chi connectivity index (χ2n) is 6.88. The molecule has 0 spiro atoms. The molecule has 1 N–H and O–H groups in total. The number of hydrogen-bond donors (Lipinski definition) is 1. The summed E-state index contributed by atoms with van der Waals surface area (Å²) >= 11 is 7.44. The Morgan fingerprint density at radius 3 is 2.77 bits per heavy atom. The third kappa shape index (κ3) is 5.95. The maximum absolute atomic E-state index is 12.3. The summed E-state index contributed by atoms with van der Waals surface area (Å²) in [4.78, 5) is 18.7. The maximum Gasteiger partial charge on any atom is 0.270 e. The molecule has 0 radical (unpaired) electrons. The molecule has 1 amide bonds. The van der Waals surface area contributed by atoms with Crippen LogP contribution in [0.4, 0.5) is 0 Å². The average molecular weight is 446 g/mol. The number of hydrogen-bond acceptors (Lipinski definition) is 6. The van der Waals surface area contributed by atoms with E-state index in [1.165, 1.54) is 11.3 Å². The molecular formula is C22H24ClN3O3S. The number of carbonyl (C=O) groups is 1. The number of nitrogens with zero attached hydrogens (tertiary/aromatic N) is 2. The minimum atomic E-state index is -0.173. The molecule has 3 rings (SSSR count). The molecule has 8 heteroatoms. The van der Waals surface area contributed by atoms with Crippen LogP contribution in [-0.2, 0) is 6.61 Å². The number of rotatable bonds is 9. The minimum absolute atomic E-state index is 0.173. The van der Waals surface area contributed by atoms with E-state index in [2.05, 4.69) is 10.3 Å². The molecule has 0 saturated heterocycles. The SMILES string of the molecule is COc1cc(-c2nc(C(=O)NCCN(C)C)cs2)ccc1OCc1cccc(Cl)c1. The standard InChI is InChI=1S/C22H24ClN3O3S/c1-26(2)10-9-24-21(27)18-14-30-22(25-18)16-7-8-19(20(12-16)28-3)29-13-15-5-4-6-17(23)11-15/h4-8,11-12,14H,9-10,13H2,1-3H3,(H,24,27). The van der Waals surface area contributed by atoms with Crippen molar-refractivity contribution in [1.82, 2.24) is 15.2 Å². The number of benzene rings is 2. The lowest BCUT2D eigenvalue weighted by atomic mass is 10.2. The summed E-state index contributed by atoms with van der Waals surface area (Å²) < 4.78 is 11.4. The lowest BCUT2D eigenvalue weighted by Crippen LogP contribution is -2.31. The van der Waals surface area contributed by atoms with Crippen LogP contribution in [0.15, 0.2) is 47.8 Å². The van der Waals surface area contributed by atoms with Gasteiger partial charge in [0, 0.05) is 29.1 Å². The average Bonchev–Trinajstić information content (AvgIpc) is 3.22. The van der Waals surface area contributed by atoms with Gasteiger partial charge in [-0.1, -0.05) is 23.7 Å². The van der Waals surface area contributed by atoms with E-state index in [1.807, 2.05) is 61.5 Å². The number of ether oxygens (including phenoxy) is 2. The fourth-order valence-electron chi connectivity index (χ4n) is 2.70. The fraction of sp³-hybridized carbons (Fsp3) is 0.273. The zero-order valence-electron chi connectivity index (χ0n) is 17.1. The molecule has 0 saturated carbocycles. The van der Waals surface area contributed by atoms with Crippen molar-refractivity contribution in [2.45, 2.75) is 6.61 Å². The van der Waals surface area contributed by atoms with E-state index in [9.17, 15) is 4.79 Å². The number of amides is 1. The number of thiazole rings is 1. The third-order valence-corrected chi connectivity index (χ3v) is 5.40. The molecule has 0 unspecified atom stereocenters. The summed E-state index contributed by atoms with van der Waals surface area (Å²) in [5.74, 6) is 1.05. The molecule has 0 aliphatic carbocycles. The zero-order chi connectivity index (χ0) is 21.5. The van der Waals surface area contributed by atoms with E-state index in [0.717, 1.165) is 22.7 Å². The van der Waals surface area contributed by atoms with Gasteiger partial charge in [0.2, 0.25) is 0 Å². The Balaban J connectivity index is 1.68. The van der Waals surface area contributed by atoms with Gasteiger partial charge in [-0.3, -0.25) is 4.79 Å². The number of likely N-dealkylation sites (N-methyl/N-ethyl adjacent to an activating group) is 1. The highest BCUT2D eigenvalue weighted by atomic mass is 35.5. The highest BCUT2D eigenvalue weighted by molar-refractivity contribution is 7.13. The highest BCUT2D eigenvalue weighted by Gasteiger charge is 2.14. The number of aromatic nitrogens is 1. The van der Waals surface area contributed by atoms with Gasteiger partial charge in [0.15, 0.2) is 11.5 Å². The molecule has 0 aliphatic heterocycles. The van der Waals surface area contributed by atoms with Crippen molar-refractivity contribution in [1.29, 1.82) is 0 Å². The molecule has 0 aliphatic rings. The zero-order valence-corrected chi connectivity index (χ0v) is 18.7. The number of halogens is 1. The van der Waals surface area contributed by atoms with Gasteiger partial charge in [-0.25, -0.2) is 4.98 Å². The maximum atomic E-state index is 12.3. The molecule has 1 aromatic heterocycles. The van der Waals surface area contributed by atoms with E-state index in [4.69, 9.17) is 21.1 Å². The van der Waals surface area contributed by atoms with E-state index in [1.54, 1.807) is 12.5 Å². The van der Waals surface area contributed by atoms with Crippen molar-refractivity contribution in [3.8, 4) is 22.1 Å². The summed E-state index contributed by atoms with van der Waals surface area (Å²) in [6.45, 7) is 1.73. The highest BCUT2D eigenvalue weighted by Crippen LogP contribution is 2.34. The summed E-state index contributed by atoms with van der Waals surface area (Å²) in [6.07, 6.45) is 0. The largest absolute Gasteiger partial charge is 0.493 e. The van der Waals surface area contributed by atoms with Crippen molar-refractivity contribution in [2.75, 3.05) is 34.3 Å². The van der Waals surface area contributed by atoms with Crippen LogP contribution in [0.5, 0.6) is 11.5 Å². The lowest BCUT2D eigenvalue weighted by molar-refractivity contribution is 0.0947. The van der Waals surface area contributed by atoms with Crippen molar-refractivity contribution < 1.29 is 14.3 Å². The first kappa shape index (κ1) is 22.1. The van der Waals surface area contributed by atoms with Crippen LogP contribution < -0.4 is 14.8 Å². The fourth-order valence-corrected chi connectivity index (χ4v) is 3.71. The summed E-state index contributed by atoms with van der Waals surface area (Å²) in [5.41, 5.74) is 2.24. The molecule has 3 aromatic rings. The van der Waals surface area contributed by atoms with Crippen LogP contribution in [0, 0.1) is 0 Å². The Hall–Kier alpha value is -2.61. The smallest absolute Gasteiger partial charge is 0.270 e. The van der Waals surface area contributed by atoms with Crippen molar-refractivity contribution >= 4 is 28.8 Å². The van der Waals surface area contributed by atoms with Crippen LogP contribution in [0.1, 0.15) is 16.1 Å². The second-order valence-corrected chi connectivity index (χ2v) is 8.18. The van der Waals surface area contributed by atoms with Crippen molar-refractivity contribution in [3.63, 3.8) is 0 Å². The molecule has 0 atom stereocenters. The third-order valence-electron chi connectivity index (χ3n) is 4.28. The summed E-state index contributed by atoms with van der Waals surface area (Å²) in [5, 5.41) is 6.05. The van der Waals surface area contributed by atoms with Gasteiger partial charge in [-0.2, -0.15) is 0 Å². The van der Waals surface area contributed by atoms with E-state index in [0.29, 0.717) is 35.4 Å². The van der Waals surface area contributed by atoms with Crippen molar-refractivity contribution in [3.05, 3.63) is 64.1 Å².